The van der Waals surface area contributed by atoms with Crippen LogP contribution in [0, 0.1) is 13.8 Å². The molecule has 120 valence electrons. The number of aryl methyl sites for hydroxylation is 1. The molecule has 1 heteroatoms. The number of furan rings is 1. The van der Waals surface area contributed by atoms with Crippen molar-refractivity contribution in [3.8, 4) is 11.1 Å². The molecule has 0 saturated heterocycles. The fraction of sp³-hybridized carbons (Fsp3) is 0.217. The summed E-state index contributed by atoms with van der Waals surface area (Å²) in [5.41, 5.74) is 8.50. The summed E-state index contributed by atoms with van der Waals surface area (Å²) in [6.45, 7) is 8.93. The summed E-state index contributed by atoms with van der Waals surface area (Å²) in [5.74, 6) is 0.513. The van der Waals surface area contributed by atoms with Crippen molar-refractivity contribution < 1.29 is 4.42 Å². The van der Waals surface area contributed by atoms with Crippen molar-refractivity contribution in [3.05, 3.63) is 71.3 Å². The van der Waals surface area contributed by atoms with E-state index >= 15 is 0 Å². The molecular weight excluding hydrogens is 292 g/mol. The molecule has 0 fully saturated rings. The van der Waals surface area contributed by atoms with Crippen LogP contribution in [0.3, 0.4) is 0 Å². The van der Waals surface area contributed by atoms with Gasteiger partial charge in [-0.2, -0.15) is 0 Å². The van der Waals surface area contributed by atoms with Crippen LogP contribution in [0.15, 0.2) is 59.0 Å². The molecule has 0 radical (unpaired) electrons. The monoisotopic (exact) mass is 314 g/mol. The van der Waals surface area contributed by atoms with Gasteiger partial charge >= 0.3 is 0 Å². The summed E-state index contributed by atoms with van der Waals surface area (Å²) in [6, 6.07) is 19.3. The Bertz CT molecular complexity index is 1050. The maximum Gasteiger partial charge on any atom is 0.143 e. The van der Waals surface area contributed by atoms with E-state index in [2.05, 4.69) is 70.2 Å². The van der Waals surface area contributed by atoms with E-state index in [0.717, 1.165) is 11.2 Å². The molecule has 0 bridgehead atoms. The Hall–Kier alpha value is -2.54. The smallest absolute Gasteiger partial charge is 0.143 e. The Morgan fingerprint density at radius 1 is 0.833 bits per heavy atom. The highest BCUT2D eigenvalue weighted by molar-refractivity contribution is 6.09. The average molecular weight is 314 g/mol. The van der Waals surface area contributed by atoms with E-state index in [1.54, 1.807) is 0 Å². The van der Waals surface area contributed by atoms with Crippen LogP contribution in [-0.4, -0.2) is 0 Å². The van der Waals surface area contributed by atoms with E-state index in [0.29, 0.717) is 5.92 Å². The van der Waals surface area contributed by atoms with Gasteiger partial charge in [0, 0.05) is 16.3 Å². The van der Waals surface area contributed by atoms with Gasteiger partial charge in [0.1, 0.15) is 11.2 Å². The van der Waals surface area contributed by atoms with Crippen LogP contribution in [0.25, 0.3) is 33.1 Å². The van der Waals surface area contributed by atoms with Crippen LogP contribution in [0.4, 0.5) is 0 Å². The normalized spacial score (nSPS) is 11.7. The van der Waals surface area contributed by atoms with Gasteiger partial charge in [0.15, 0.2) is 0 Å². The zero-order chi connectivity index (χ0) is 16.8. The molecule has 1 heterocycles. The standard InChI is InChI=1S/C23H22O/c1-14(2)21-13-17(12-15(3)16(21)4)18-9-7-10-20-19-8-5-6-11-22(19)24-23(18)20/h5-14H,1-4H3. The lowest BCUT2D eigenvalue weighted by molar-refractivity contribution is 0.670. The maximum atomic E-state index is 6.21. The minimum absolute atomic E-state index is 0.513. The lowest BCUT2D eigenvalue weighted by Crippen LogP contribution is -1.96. The summed E-state index contributed by atoms with van der Waals surface area (Å²) in [6.07, 6.45) is 0. The summed E-state index contributed by atoms with van der Waals surface area (Å²) < 4.78 is 6.21. The maximum absolute atomic E-state index is 6.21. The lowest BCUT2D eigenvalue weighted by Gasteiger charge is -2.15. The molecular formula is C23H22O. The molecule has 0 unspecified atom stereocenters. The number of hydrogen-bond acceptors (Lipinski definition) is 1. The quantitative estimate of drug-likeness (QED) is 0.388. The van der Waals surface area contributed by atoms with Crippen molar-refractivity contribution in [1.82, 2.24) is 0 Å². The SMILES string of the molecule is Cc1cc(-c2cccc3c2oc2ccccc23)cc(C(C)C)c1C. The fourth-order valence-electron chi connectivity index (χ4n) is 3.62. The van der Waals surface area contributed by atoms with Crippen LogP contribution < -0.4 is 0 Å². The summed E-state index contributed by atoms with van der Waals surface area (Å²) in [4.78, 5) is 0. The van der Waals surface area contributed by atoms with Crippen LogP contribution >= 0.6 is 0 Å². The van der Waals surface area contributed by atoms with E-state index in [1.807, 2.05) is 12.1 Å². The molecule has 0 saturated carbocycles. The van der Waals surface area contributed by atoms with Crippen molar-refractivity contribution in [3.63, 3.8) is 0 Å². The van der Waals surface area contributed by atoms with Crippen LogP contribution in [-0.2, 0) is 0 Å². The van der Waals surface area contributed by atoms with E-state index in [4.69, 9.17) is 4.42 Å². The first-order chi connectivity index (χ1) is 11.6. The second kappa shape index (κ2) is 5.52. The van der Waals surface area contributed by atoms with Gasteiger partial charge in [0.25, 0.3) is 0 Å². The van der Waals surface area contributed by atoms with Gasteiger partial charge in [0.2, 0.25) is 0 Å². The minimum Gasteiger partial charge on any atom is -0.455 e. The van der Waals surface area contributed by atoms with Crippen LogP contribution in [0.5, 0.6) is 0 Å². The Kier molecular flexibility index (Phi) is 3.45. The molecule has 0 amide bonds. The Labute approximate surface area is 142 Å². The molecule has 4 rings (SSSR count). The van der Waals surface area contributed by atoms with E-state index < -0.39 is 0 Å². The average Bonchev–Trinajstić information content (AvgIpc) is 2.95. The van der Waals surface area contributed by atoms with Gasteiger partial charge in [0.05, 0.1) is 0 Å². The van der Waals surface area contributed by atoms with E-state index in [-0.39, 0.29) is 0 Å². The van der Waals surface area contributed by atoms with Gasteiger partial charge in [-0.15, -0.1) is 0 Å². The molecule has 0 atom stereocenters. The van der Waals surface area contributed by atoms with Crippen molar-refractivity contribution in [1.29, 1.82) is 0 Å². The first-order valence-corrected chi connectivity index (χ1v) is 8.58. The molecule has 24 heavy (non-hydrogen) atoms. The summed E-state index contributed by atoms with van der Waals surface area (Å²) >= 11 is 0. The highest BCUT2D eigenvalue weighted by Gasteiger charge is 2.14. The number of hydrogen-bond donors (Lipinski definition) is 0. The Balaban J connectivity index is 2.04. The van der Waals surface area contributed by atoms with E-state index in [9.17, 15) is 0 Å². The van der Waals surface area contributed by atoms with Crippen molar-refractivity contribution in [2.45, 2.75) is 33.6 Å². The first-order valence-electron chi connectivity index (χ1n) is 8.58. The fourth-order valence-corrected chi connectivity index (χ4v) is 3.62. The molecule has 0 spiro atoms. The van der Waals surface area contributed by atoms with Gasteiger partial charge in [-0.05, 0) is 48.1 Å². The van der Waals surface area contributed by atoms with Crippen molar-refractivity contribution in [2.24, 2.45) is 0 Å². The molecule has 1 nitrogen and oxygen atoms in total. The molecule has 0 aliphatic carbocycles. The van der Waals surface area contributed by atoms with Gasteiger partial charge in [-0.1, -0.05) is 62.4 Å². The molecule has 0 N–H and O–H groups in total. The number of fused-ring (bicyclic) bond motifs is 3. The first kappa shape index (κ1) is 15.0. The molecule has 4 aromatic rings. The summed E-state index contributed by atoms with van der Waals surface area (Å²) in [7, 11) is 0. The molecule has 0 aliphatic rings. The third-order valence-electron chi connectivity index (χ3n) is 5.04. The molecule has 0 aliphatic heterocycles. The van der Waals surface area contributed by atoms with Gasteiger partial charge in [-0.25, -0.2) is 0 Å². The minimum atomic E-state index is 0.513. The Morgan fingerprint density at radius 2 is 1.58 bits per heavy atom. The number of para-hydroxylation sites is 2. The Morgan fingerprint density at radius 3 is 2.38 bits per heavy atom. The lowest BCUT2D eigenvalue weighted by atomic mass is 9.90. The van der Waals surface area contributed by atoms with Crippen molar-refractivity contribution >= 4 is 21.9 Å². The zero-order valence-corrected chi connectivity index (χ0v) is 14.7. The predicted molar refractivity (Wildman–Crippen MR) is 103 cm³/mol. The zero-order valence-electron chi connectivity index (χ0n) is 14.7. The largest absolute Gasteiger partial charge is 0.455 e. The molecule has 3 aromatic carbocycles. The van der Waals surface area contributed by atoms with Crippen molar-refractivity contribution in [2.75, 3.05) is 0 Å². The summed E-state index contributed by atoms with van der Waals surface area (Å²) in [5, 5.41) is 2.37. The van der Waals surface area contributed by atoms with Crippen LogP contribution in [0.2, 0.25) is 0 Å². The van der Waals surface area contributed by atoms with Gasteiger partial charge in [-0.3, -0.25) is 0 Å². The number of benzene rings is 3. The third kappa shape index (κ3) is 2.24. The number of rotatable bonds is 2. The van der Waals surface area contributed by atoms with E-state index in [1.165, 1.54) is 38.6 Å². The van der Waals surface area contributed by atoms with Gasteiger partial charge < -0.3 is 4.42 Å². The van der Waals surface area contributed by atoms with Crippen LogP contribution in [0.1, 0.15) is 36.5 Å². The predicted octanol–water partition coefficient (Wildman–Crippen LogP) is 6.99. The molecule has 1 aromatic heterocycles. The topological polar surface area (TPSA) is 13.1 Å². The second-order valence-electron chi connectivity index (χ2n) is 6.94. The highest BCUT2D eigenvalue weighted by atomic mass is 16.3. The third-order valence-corrected chi connectivity index (χ3v) is 5.04. The second-order valence-corrected chi connectivity index (χ2v) is 6.94. The highest BCUT2D eigenvalue weighted by Crippen LogP contribution is 2.37.